The number of rotatable bonds is 4. The van der Waals surface area contributed by atoms with Crippen molar-refractivity contribution in [1.82, 2.24) is 0 Å². The molecule has 4 fully saturated rings. The minimum atomic E-state index is -2.07. The third kappa shape index (κ3) is 2.61. The average Bonchev–Trinajstić information content (AvgIpc) is 3.38. The highest BCUT2D eigenvalue weighted by molar-refractivity contribution is 5.89. The van der Waals surface area contributed by atoms with Crippen LogP contribution in [0.15, 0.2) is 18.2 Å². The Morgan fingerprint density at radius 2 is 1.82 bits per heavy atom. The first-order valence-corrected chi connectivity index (χ1v) is 11.2. The predicted molar refractivity (Wildman–Crippen MR) is 113 cm³/mol. The van der Waals surface area contributed by atoms with Gasteiger partial charge in [-0.1, -0.05) is 6.07 Å². The van der Waals surface area contributed by atoms with Crippen LogP contribution in [0.5, 0.6) is 11.5 Å². The zero-order valence-electron chi connectivity index (χ0n) is 18.9. The second kappa shape index (κ2) is 7.58. The van der Waals surface area contributed by atoms with E-state index in [1.54, 1.807) is 18.2 Å². The minimum absolute atomic E-state index is 0.174. The van der Waals surface area contributed by atoms with Crippen molar-refractivity contribution in [3.05, 3.63) is 23.8 Å². The molecule has 3 heterocycles. The third-order valence-corrected chi connectivity index (χ3v) is 7.52. The van der Waals surface area contributed by atoms with Crippen molar-refractivity contribution in [2.24, 2.45) is 16.7 Å². The zero-order valence-corrected chi connectivity index (χ0v) is 18.9. The molecule has 2 bridgehead atoms. The van der Waals surface area contributed by atoms with Crippen molar-refractivity contribution in [2.75, 3.05) is 26.9 Å². The number of benzene rings is 1. The Morgan fingerprint density at radius 3 is 2.44 bits per heavy atom. The van der Waals surface area contributed by atoms with Crippen LogP contribution in [-0.2, 0) is 18.9 Å². The lowest BCUT2D eigenvalue weighted by Gasteiger charge is -2.54. The summed E-state index contributed by atoms with van der Waals surface area (Å²) in [4.78, 5) is 0. The topological polar surface area (TPSA) is 151 Å². The van der Waals surface area contributed by atoms with Gasteiger partial charge in [-0.2, -0.15) is 15.8 Å². The quantitative estimate of drug-likeness (QED) is 0.709. The summed E-state index contributed by atoms with van der Waals surface area (Å²) in [5.41, 5.74) is -3.50. The predicted octanol–water partition coefficient (Wildman–Crippen LogP) is 2.96. The first-order chi connectivity index (χ1) is 16.4. The smallest absolute Gasteiger partial charge is 0.218 e. The van der Waals surface area contributed by atoms with E-state index in [1.165, 1.54) is 7.11 Å². The highest BCUT2D eigenvalue weighted by atomic mass is 16.7. The number of nitrogens with one attached hydrogen (secondary N) is 1. The van der Waals surface area contributed by atoms with E-state index < -0.39 is 40.3 Å². The molecule has 0 radical (unpaired) electrons. The molecule has 4 atom stereocenters. The molecule has 176 valence electrons. The summed E-state index contributed by atoms with van der Waals surface area (Å²) in [5.74, 6) is -2.64. The average molecular weight is 464 g/mol. The van der Waals surface area contributed by atoms with Gasteiger partial charge in [0.15, 0.2) is 22.7 Å². The van der Waals surface area contributed by atoms with E-state index in [2.05, 4.69) is 18.2 Å². The molecule has 1 spiro atoms. The fourth-order valence-electron chi connectivity index (χ4n) is 5.97. The van der Waals surface area contributed by atoms with Crippen LogP contribution in [0.4, 0.5) is 0 Å². The minimum Gasteiger partial charge on any atom is -0.493 e. The molecule has 1 saturated carbocycles. The molecule has 1 aromatic carbocycles. The standard InChI is InChI=1S/C24H24N4O6/c1-3-30-16-5-4-15(10-17(16)29-2)19-21(12-25,13-26)23(14-27)18-11-22(31-8-9-32-22)6-7-24(18,33-19)34-20(23)28/h4-5,10,18-19,28H,3,6-9,11H2,1-2H3. The summed E-state index contributed by atoms with van der Waals surface area (Å²) >= 11 is 0. The van der Waals surface area contributed by atoms with Crippen molar-refractivity contribution in [1.29, 1.82) is 21.2 Å². The maximum absolute atomic E-state index is 10.5. The molecule has 34 heavy (non-hydrogen) atoms. The third-order valence-electron chi connectivity index (χ3n) is 7.52. The molecule has 3 aliphatic heterocycles. The van der Waals surface area contributed by atoms with Crippen molar-refractivity contribution >= 4 is 5.90 Å². The van der Waals surface area contributed by atoms with Crippen molar-refractivity contribution in [2.45, 2.75) is 43.9 Å². The van der Waals surface area contributed by atoms with Crippen LogP contribution in [0.2, 0.25) is 0 Å². The van der Waals surface area contributed by atoms with Crippen LogP contribution in [0.1, 0.15) is 37.9 Å². The number of hydrogen-bond acceptors (Lipinski definition) is 10. The maximum Gasteiger partial charge on any atom is 0.218 e. The number of nitriles is 3. The fraction of sp³-hybridized carbons (Fsp3) is 0.583. The second-order valence-corrected chi connectivity index (χ2v) is 8.90. The summed E-state index contributed by atoms with van der Waals surface area (Å²) in [5, 5.41) is 40.1. The van der Waals surface area contributed by atoms with E-state index in [0.717, 1.165) is 0 Å². The number of ether oxygens (including phenoxy) is 6. The normalized spacial score (nSPS) is 34.3. The van der Waals surface area contributed by atoms with Gasteiger partial charge in [-0.3, -0.25) is 5.41 Å². The molecule has 1 N–H and O–H groups in total. The first-order valence-electron chi connectivity index (χ1n) is 11.2. The van der Waals surface area contributed by atoms with Crippen LogP contribution in [0.3, 0.4) is 0 Å². The van der Waals surface area contributed by atoms with E-state index in [4.69, 9.17) is 33.8 Å². The highest BCUT2D eigenvalue weighted by Crippen LogP contribution is 2.70. The Labute approximate surface area is 197 Å². The van der Waals surface area contributed by atoms with Crippen molar-refractivity contribution in [3.8, 4) is 29.7 Å². The van der Waals surface area contributed by atoms with Gasteiger partial charge in [-0.05, 0) is 24.6 Å². The van der Waals surface area contributed by atoms with Crippen molar-refractivity contribution < 1.29 is 28.4 Å². The fourth-order valence-corrected chi connectivity index (χ4v) is 5.97. The zero-order chi connectivity index (χ0) is 24.2. The Bertz CT molecular complexity index is 1150. The second-order valence-electron chi connectivity index (χ2n) is 8.90. The van der Waals surface area contributed by atoms with Gasteiger partial charge >= 0.3 is 0 Å². The number of nitrogens with zero attached hydrogens (tertiary/aromatic N) is 3. The largest absolute Gasteiger partial charge is 0.493 e. The summed E-state index contributed by atoms with van der Waals surface area (Å²) in [6.45, 7) is 3.09. The van der Waals surface area contributed by atoms with Gasteiger partial charge in [-0.25, -0.2) is 0 Å². The highest BCUT2D eigenvalue weighted by Gasteiger charge is 2.82. The first kappa shape index (κ1) is 22.4. The Morgan fingerprint density at radius 1 is 1.09 bits per heavy atom. The molecule has 3 saturated heterocycles. The van der Waals surface area contributed by atoms with Gasteiger partial charge in [0.1, 0.15) is 6.10 Å². The molecular formula is C24H24N4O6. The van der Waals surface area contributed by atoms with Crippen molar-refractivity contribution in [3.63, 3.8) is 0 Å². The Balaban J connectivity index is 1.68. The SMILES string of the molecule is CCOc1ccc(C2OC34CCC5(CC3C(C#N)(C(=N)O4)C2(C#N)C#N)OCCO5)cc1OC. The van der Waals surface area contributed by atoms with Crippen LogP contribution in [0, 0.1) is 56.2 Å². The van der Waals surface area contributed by atoms with E-state index in [-0.39, 0.29) is 12.8 Å². The van der Waals surface area contributed by atoms with Crippen LogP contribution < -0.4 is 9.47 Å². The Kier molecular flexibility index (Phi) is 5.00. The van der Waals surface area contributed by atoms with E-state index in [0.29, 0.717) is 43.3 Å². The molecule has 1 aromatic rings. The number of methoxy groups -OCH3 is 1. The van der Waals surface area contributed by atoms with Gasteiger partial charge in [0.2, 0.25) is 17.1 Å². The van der Waals surface area contributed by atoms with Crippen LogP contribution in [0.25, 0.3) is 0 Å². The molecular weight excluding hydrogens is 440 g/mol. The summed E-state index contributed by atoms with van der Waals surface area (Å²) in [6.07, 6.45) is -0.289. The molecule has 10 nitrogen and oxygen atoms in total. The van der Waals surface area contributed by atoms with E-state index in [1.807, 2.05) is 6.92 Å². The summed E-state index contributed by atoms with van der Waals surface area (Å²) < 4.78 is 35.3. The molecule has 0 aromatic heterocycles. The number of hydrogen-bond donors (Lipinski definition) is 1. The molecule has 0 amide bonds. The maximum atomic E-state index is 10.5. The van der Waals surface area contributed by atoms with Gasteiger partial charge in [-0.15, -0.1) is 0 Å². The summed E-state index contributed by atoms with van der Waals surface area (Å²) in [6, 6.07) is 11.3. The summed E-state index contributed by atoms with van der Waals surface area (Å²) in [7, 11) is 1.49. The van der Waals surface area contributed by atoms with Gasteiger partial charge in [0, 0.05) is 19.3 Å². The Hall–Kier alpha value is -3.36. The molecule has 4 unspecified atom stereocenters. The van der Waals surface area contributed by atoms with E-state index in [9.17, 15) is 15.8 Å². The van der Waals surface area contributed by atoms with Gasteiger partial charge < -0.3 is 28.4 Å². The molecule has 1 aliphatic carbocycles. The monoisotopic (exact) mass is 464 g/mol. The van der Waals surface area contributed by atoms with Crippen LogP contribution in [-0.4, -0.2) is 44.4 Å². The van der Waals surface area contributed by atoms with Gasteiger partial charge in [0.25, 0.3) is 0 Å². The molecule has 10 heteroatoms. The van der Waals surface area contributed by atoms with Crippen LogP contribution >= 0.6 is 0 Å². The van der Waals surface area contributed by atoms with E-state index >= 15 is 0 Å². The lowest BCUT2D eigenvalue weighted by molar-refractivity contribution is -0.330. The lowest BCUT2D eigenvalue weighted by Crippen LogP contribution is -2.63. The lowest BCUT2D eigenvalue weighted by atomic mass is 9.51. The van der Waals surface area contributed by atoms with Gasteiger partial charge in [0.05, 0.1) is 51.1 Å². The molecule has 5 rings (SSSR count). The molecule has 4 aliphatic rings.